The minimum Gasteiger partial charge on any atom is -0.369 e. The zero-order valence-electron chi connectivity index (χ0n) is 11.7. The predicted octanol–water partition coefficient (Wildman–Crippen LogP) is 3.43. The maximum Gasteiger partial charge on any atom is 0.180 e. The molecule has 0 aliphatic carbocycles. The number of fused-ring (bicyclic) bond motifs is 1. The van der Waals surface area contributed by atoms with Gasteiger partial charge in [-0.3, -0.25) is 0 Å². The van der Waals surface area contributed by atoms with Gasteiger partial charge in [-0.25, -0.2) is 14.4 Å². The number of hydrogen-bond acceptors (Lipinski definition) is 4. The Morgan fingerprint density at radius 3 is 2.95 bits per heavy atom. The molecule has 0 spiro atoms. The molecule has 21 heavy (non-hydrogen) atoms. The summed E-state index contributed by atoms with van der Waals surface area (Å²) in [7, 11) is 0. The van der Waals surface area contributed by atoms with Crippen LogP contribution in [0.1, 0.15) is 13.3 Å². The van der Waals surface area contributed by atoms with Crippen molar-refractivity contribution < 1.29 is 4.39 Å². The molecule has 0 atom stereocenters. The lowest BCUT2D eigenvalue weighted by Gasteiger charge is -2.11. The summed E-state index contributed by atoms with van der Waals surface area (Å²) in [4.78, 5) is 8.73. The second kappa shape index (κ2) is 5.78. The summed E-state index contributed by atoms with van der Waals surface area (Å²) in [5.41, 5.74) is 1.03. The van der Waals surface area contributed by atoms with Crippen LogP contribution in [0.2, 0.25) is 0 Å². The molecule has 0 saturated heterocycles. The van der Waals surface area contributed by atoms with Gasteiger partial charge in [-0.1, -0.05) is 19.1 Å². The van der Waals surface area contributed by atoms with Crippen molar-refractivity contribution in [3.63, 3.8) is 0 Å². The molecule has 0 unspecified atom stereocenters. The van der Waals surface area contributed by atoms with E-state index in [-0.39, 0.29) is 5.82 Å². The summed E-state index contributed by atoms with van der Waals surface area (Å²) in [5, 5.41) is 6.23. The van der Waals surface area contributed by atoms with E-state index in [2.05, 4.69) is 27.5 Å². The molecule has 0 fully saturated rings. The highest BCUT2D eigenvalue weighted by atomic mass is 19.1. The third-order valence-corrected chi connectivity index (χ3v) is 3.06. The van der Waals surface area contributed by atoms with Crippen molar-refractivity contribution in [2.45, 2.75) is 13.3 Å². The van der Waals surface area contributed by atoms with Crippen molar-refractivity contribution in [3.05, 3.63) is 48.7 Å². The molecule has 0 aliphatic rings. The molecular weight excluding hydrogens is 269 g/mol. The van der Waals surface area contributed by atoms with Gasteiger partial charge < -0.3 is 15.0 Å². The number of aromatic nitrogens is 3. The van der Waals surface area contributed by atoms with Crippen molar-refractivity contribution >= 4 is 23.0 Å². The lowest BCUT2D eigenvalue weighted by Crippen LogP contribution is -2.06. The molecule has 1 aromatic carbocycles. The summed E-state index contributed by atoms with van der Waals surface area (Å²) in [6, 6.07) is 6.50. The van der Waals surface area contributed by atoms with Crippen molar-refractivity contribution in [3.8, 4) is 0 Å². The average Bonchev–Trinajstić information content (AvgIpc) is 2.96. The van der Waals surface area contributed by atoms with E-state index in [1.807, 2.05) is 16.8 Å². The molecule has 0 amide bonds. The zero-order valence-corrected chi connectivity index (χ0v) is 11.7. The number of halogens is 1. The van der Waals surface area contributed by atoms with Crippen molar-refractivity contribution in [2.24, 2.45) is 0 Å². The number of nitrogens with zero attached hydrogens (tertiary/aromatic N) is 3. The number of para-hydroxylation sites is 1. The largest absolute Gasteiger partial charge is 0.369 e. The molecule has 2 aromatic heterocycles. The summed E-state index contributed by atoms with van der Waals surface area (Å²) >= 11 is 0. The molecule has 3 aromatic rings. The SMILES string of the molecule is CCCNc1cn2ccnc2c(Nc2ccccc2F)n1. The molecule has 6 heteroatoms. The first kappa shape index (κ1) is 13.4. The number of anilines is 3. The number of nitrogens with one attached hydrogen (secondary N) is 2. The summed E-state index contributed by atoms with van der Waals surface area (Å²) in [5.74, 6) is 0.920. The number of benzene rings is 1. The van der Waals surface area contributed by atoms with Gasteiger partial charge in [-0.05, 0) is 18.6 Å². The van der Waals surface area contributed by atoms with Gasteiger partial charge in [-0.2, -0.15) is 0 Å². The monoisotopic (exact) mass is 285 g/mol. The van der Waals surface area contributed by atoms with Crippen LogP contribution in [0.5, 0.6) is 0 Å². The first-order valence-corrected chi connectivity index (χ1v) is 6.87. The molecule has 108 valence electrons. The highest BCUT2D eigenvalue weighted by Crippen LogP contribution is 2.22. The van der Waals surface area contributed by atoms with E-state index in [9.17, 15) is 4.39 Å². The zero-order chi connectivity index (χ0) is 14.7. The minimum absolute atomic E-state index is 0.323. The molecular formula is C15H16FN5. The van der Waals surface area contributed by atoms with Crippen LogP contribution in [0, 0.1) is 5.82 Å². The Balaban J connectivity index is 2.00. The minimum atomic E-state index is -0.323. The smallest absolute Gasteiger partial charge is 0.180 e. The Labute approximate surface area is 121 Å². The summed E-state index contributed by atoms with van der Waals surface area (Å²) in [6.07, 6.45) is 6.39. The van der Waals surface area contributed by atoms with Crippen LogP contribution in [-0.2, 0) is 0 Å². The molecule has 0 bridgehead atoms. The molecule has 0 aliphatic heterocycles. The normalized spacial score (nSPS) is 10.8. The third-order valence-electron chi connectivity index (χ3n) is 3.06. The van der Waals surface area contributed by atoms with Crippen molar-refractivity contribution in [1.82, 2.24) is 14.4 Å². The number of hydrogen-bond donors (Lipinski definition) is 2. The van der Waals surface area contributed by atoms with Crippen LogP contribution in [0.4, 0.5) is 21.7 Å². The Bertz CT molecular complexity index is 753. The topological polar surface area (TPSA) is 54.2 Å². The Morgan fingerprint density at radius 1 is 1.29 bits per heavy atom. The fourth-order valence-corrected chi connectivity index (χ4v) is 2.04. The fraction of sp³-hybridized carbons (Fsp3) is 0.200. The Kier molecular flexibility index (Phi) is 3.68. The predicted molar refractivity (Wildman–Crippen MR) is 81.5 cm³/mol. The lowest BCUT2D eigenvalue weighted by atomic mass is 10.3. The molecule has 3 rings (SSSR count). The van der Waals surface area contributed by atoms with E-state index >= 15 is 0 Å². The maximum absolute atomic E-state index is 13.8. The molecule has 2 heterocycles. The Morgan fingerprint density at radius 2 is 2.14 bits per heavy atom. The van der Waals surface area contributed by atoms with Gasteiger partial charge in [0.1, 0.15) is 11.6 Å². The van der Waals surface area contributed by atoms with Gasteiger partial charge in [-0.15, -0.1) is 0 Å². The van der Waals surface area contributed by atoms with Crippen LogP contribution in [-0.4, -0.2) is 20.9 Å². The highest BCUT2D eigenvalue weighted by Gasteiger charge is 2.09. The van der Waals surface area contributed by atoms with E-state index in [1.54, 1.807) is 24.4 Å². The number of imidazole rings is 1. The van der Waals surface area contributed by atoms with E-state index in [0.717, 1.165) is 18.8 Å². The quantitative estimate of drug-likeness (QED) is 0.754. The van der Waals surface area contributed by atoms with Gasteiger partial charge in [0.05, 0.1) is 11.9 Å². The standard InChI is InChI=1S/C15H16FN5/c1-2-7-17-13-10-21-9-8-18-15(21)14(20-13)19-12-6-4-3-5-11(12)16/h3-6,8-10,17H,2,7H2,1H3,(H,19,20). The van der Waals surface area contributed by atoms with Gasteiger partial charge in [0.2, 0.25) is 0 Å². The van der Waals surface area contributed by atoms with E-state index in [1.165, 1.54) is 6.07 Å². The van der Waals surface area contributed by atoms with Crippen LogP contribution in [0.3, 0.4) is 0 Å². The highest BCUT2D eigenvalue weighted by molar-refractivity contribution is 5.71. The van der Waals surface area contributed by atoms with Crippen LogP contribution in [0.25, 0.3) is 5.65 Å². The van der Waals surface area contributed by atoms with E-state index < -0.39 is 0 Å². The van der Waals surface area contributed by atoms with Crippen LogP contribution >= 0.6 is 0 Å². The van der Waals surface area contributed by atoms with Gasteiger partial charge in [0, 0.05) is 18.9 Å². The van der Waals surface area contributed by atoms with Gasteiger partial charge >= 0.3 is 0 Å². The Hall–Kier alpha value is -2.63. The lowest BCUT2D eigenvalue weighted by molar-refractivity contribution is 0.632. The second-order valence-electron chi connectivity index (χ2n) is 4.66. The van der Waals surface area contributed by atoms with Crippen molar-refractivity contribution in [2.75, 3.05) is 17.2 Å². The summed E-state index contributed by atoms with van der Waals surface area (Å²) in [6.45, 7) is 2.91. The second-order valence-corrected chi connectivity index (χ2v) is 4.66. The summed E-state index contributed by atoms with van der Waals surface area (Å²) < 4.78 is 15.6. The average molecular weight is 285 g/mol. The first-order valence-electron chi connectivity index (χ1n) is 6.87. The molecule has 0 radical (unpaired) electrons. The molecule has 5 nitrogen and oxygen atoms in total. The van der Waals surface area contributed by atoms with Gasteiger partial charge in [0.15, 0.2) is 11.5 Å². The number of rotatable bonds is 5. The van der Waals surface area contributed by atoms with Crippen molar-refractivity contribution in [1.29, 1.82) is 0 Å². The van der Waals surface area contributed by atoms with E-state index in [4.69, 9.17) is 0 Å². The molecule has 0 saturated carbocycles. The molecule has 2 N–H and O–H groups in total. The first-order chi connectivity index (χ1) is 10.3. The third kappa shape index (κ3) is 2.79. The van der Waals surface area contributed by atoms with Crippen LogP contribution < -0.4 is 10.6 Å². The fourth-order valence-electron chi connectivity index (χ4n) is 2.04. The van der Waals surface area contributed by atoms with E-state index in [0.29, 0.717) is 17.2 Å². The van der Waals surface area contributed by atoms with Gasteiger partial charge in [0.25, 0.3) is 0 Å². The van der Waals surface area contributed by atoms with Crippen LogP contribution in [0.15, 0.2) is 42.9 Å². The maximum atomic E-state index is 13.8.